The van der Waals surface area contributed by atoms with E-state index < -0.39 is 29.1 Å². The van der Waals surface area contributed by atoms with Gasteiger partial charge in [-0.3, -0.25) is 9.59 Å². The maximum absolute atomic E-state index is 13.3. The number of hydrogen-bond acceptors (Lipinski definition) is 4. The molecule has 3 aromatic rings. The minimum atomic E-state index is -1.08. The number of hydrogen-bond donors (Lipinski definition) is 1. The molecule has 1 atom stereocenters. The van der Waals surface area contributed by atoms with Crippen LogP contribution in [0.15, 0.2) is 47.3 Å². The van der Waals surface area contributed by atoms with E-state index in [-0.39, 0.29) is 12.1 Å². The quantitative estimate of drug-likeness (QED) is 0.789. The summed E-state index contributed by atoms with van der Waals surface area (Å²) in [6.45, 7) is 1.71. The Balaban J connectivity index is 1.94. The van der Waals surface area contributed by atoms with E-state index in [0.717, 1.165) is 16.8 Å². The lowest BCUT2D eigenvalue weighted by Crippen LogP contribution is -2.35. The summed E-state index contributed by atoms with van der Waals surface area (Å²) in [6, 6.07) is 8.75. The second-order valence-corrected chi connectivity index (χ2v) is 5.40. The van der Waals surface area contributed by atoms with Crippen molar-refractivity contribution in [1.29, 1.82) is 0 Å². The van der Waals surface area contributed by atoms with Crippen LogP contribution in [0.25, 0.3) is 10.9 Å². The Kier molecular flexibility index (Phi) is 4.51. The topological polar surface area (TPSA) is 76.9 Å². The molecule has 3 rings (SSSR count). The highest BCUT2D eigenvalue weighted by Gasteiger charge is 2.22. The van der Waals surface area contributed by atoms with Gasteiger partial charge in [0, 0.05) is 11.8 Å². The lowest BCUT2D eigenvalue weighted by molar-refractivity contribution is -0.119. The predicted molar refractivity (Wildman–Crippen MR) is 88.1 cm³/mol. The van der Waals surface area contributed by atoms with E-state index in [0.29, 0.717) is 10.9 Å². The third kappa shape index (κ3) is 3.23. The molecular formula is C17H14F2N4O2. The molecular weight excluding hydrogens is 330 g/mol. The van der Waals surface area contributed by atoms with Crippen LogP contribution in [0.2, 0.25) is 0 Å². The van der Waals surface area contributed by atoms with Crippen LogP contribution in [0.5, 0.6) is 0 Å². The molecule has 128 valence electrons. The van der Waals surface area contributed by atoms with Crippen LogP contribution < -0.4 is 10.9 Å². The molecule has 1 N–H and O–H groups in total. The Labute approximate surface area is 141 Å². The molecule has 1 aromatic heterocycles. The van der Waals surface area contributed by atoms with Crippen LogP contribution in [0, 0.1) is 11.6 Å². The van der Waals surface area contributed by atoms with E-state index in [9.17, 15) is 18.4 Å². The lowest BCUT2D eigenvalue weighted by atomic mass is 10.2. The number of rotatable bonds is 4. The zero-order valence-electron chi connectivity index (χ0n) is 13.2. The van der Waals surface area contributed by atoms with Crippen LogP contribution in [-0.2, 0) is 4.79 Å². The standard InChI is InChI=1S/C17H14F2N4O2/c1-2-15(16(24)20-10-7-8-12(18)13(19)9-10)23-17(25)11-5-3-4-6-14(11)21-22-23/h3-9,15H,2H2,1H3,(H,20,24)/t15-/m1/s1. The molecule has 0 saturated carbocycles. The molecule has 1 amide bonds. The van der Waals surface area contributed by atoms with Gasteiger partial charge in [0.1, 0.15) is 11.6 Å². The van der Waals surface area contributed by atoms with Gasteiger partial charge >= 0.3 is 0 Å². The van der Waals surface area contributed by atoms with E-state index in [4.69, 9.17) is 0 Å². The van der Waals surface area contributed by atoms with Crippen LogP contribution in [0.3, 0.4) is 0 Å². The predicted octanol–water partition coefficient (Wildman–Crippen LogP) is 2.66. The van der Waals surface area contributed by atoms with Crippen LogP contribution >= 0.6 is 0 Å². The fourth-order valence-electron chi connectivity index (χ4n) is 2.47. The van der Waals surface area contributed by atoms with E-state index in [1.807, 2.05) is 0 Å². The molecule has 8 heteroatoms. The first-order valence-electron chi connectivity index (χ1n) is 7.61. The first kappa shape index (κ1) is 16.7. The minimum absolute atomic E-state index is 0.0872. The van der Waals surface area contributed by atoms with Crippen molar-refractivity contribution in [3.05, 3.63) is 64.5 Å². The van der Waals surface area contributed by atoms with Crippen LogP contribution in [-0.4, -0.2) is 20.9 Å². The number of nitrogens with one attached hydrogen (secondary N) is 1. The van der Waals surface area contributed by atoms with Gasteiger partial charge in [0.05, 0.1) is 5.39 Å². The minimum Gasteiger partial charge on any atom is -0.324 e. The number of amides is 1. The first-order chi connectivity index (χ1) is 12.0. The van der Waals surface area contributed by atoms with Gasteiger partial charge in [-0.25, -0.2) is 8.78 Å². The van der Waals surface area contributed by atoms with Crippen molar-refractivity contribution in [3.63, 3.8) is 0 Å². The molecule has 0 spiro atoms. The maximum Gasteiger partial charge on any atom is 0.278 e. The lowest BCUT2D eigenvalue weighted by Gasteiger charge is -2.16. The zero-order chi connectivity index (χ0) is 18.0. The van der Waals surface area contributed by atoms with Gasteiger partial charge in [-0.05, 0) is 30.7 Å². The molecule has 0 fully saturated rings. The Hall–Kier alpha value is -3.16. The zero-order valence-corrected chi connectivity index (χ0v) is 13.2. The average molecular weight is 344 g/mol. The number of carbonyl (C=O) groups excluding carboxylic acids is 1. The smallest absolute Gasteiger partial charge is 0.278 e. The SMILES string of the molecule is CC[C@H](C(=O)Nc1ccc(F)c(F)c1)n1nnc2ccccc2c1=O. The molecule has 0 unspecified atom stereocenters. The van der Waals surface area contributed by atoms with Crippen molar-refractivity contribution in [1.82, 2.24) is 15.0 Å². The summed E-state index contributed by atoms with van der Waals surface area (Å²) in [5, 5.41) is 10.6. The number of fused-ring (bicyclic) bond motifs is 1. The first-order valence-corrected chi connectivity index (χ1v) is 7.61. The van der Waals surface area contributed by atoms with Crippen molar-refractivity contribution in [2.45, 2.75) is 19.4 Å². The molecule has 2 aromatic carbocycles. The molecule has 6 nitrogen and oxygen atoms in total. The summed E-state index contributed by atoms with van der Waals surface area (Å²) in [5.41, 5.74) is 0.0710. The van der Waals surface area contributed by atoms with E-state index in [2.05, 4.69) is 15.6 Å². The van der Waals surface area contributed by atoms with Gasteiger partial charge in [0.15, 0.2) is 11.6 Å². The van der Waals surface area contributed by atoms with Gasteiger partial charge in [0.2, 0.25) is 5.91 Å². The van der Waals surface area contributed by atoms with Crippen molar-refractivity contribution in [2.75, 3.05) is 5.32 Å². The molecule has 0 aliphatic rings. The fraction of sp³-hybridized carbons (Fsp3) is 0.176. The highest BCUT2D eigenvalue weighted by molar-refractivity contribution is 5.93. The molecule has 0 radical (unpaired) electrons. The Morgan fingerprint density at radius 2 is 1.96 bits per heavy atom. The average Bonchev–Trinajstić information content (AvgIpc) is 2.61. The second-order valence-electron chi connectivity index (χ2n) is 5.40. The number of anilines is 1. The molecule has 25 heavy (non-hydrogen) atoms. The third-order valence-electron chi connectivity index (χ3n) is 3.76. The highest BCUT2D eigenvalue weighted by atomic mass is 19.2. The molecule has 0 aliphatic heterocycles. The Bertz CT molecular complexity index is 1000. The van der Waals surface area contributed by atoms with Crippen molar-refractivity contribution >= 4 is 22.5 Å². The normalized spacial score (nSPS) is 12.1. The number of benzene rings is 2. The van der Waals surface area contributed by atoms with Crippen molar-refractivity contribution < 1.29 is 13.6 Å². The molecule has 0 aliphatic carbocycles. The summed E-state index contributed by atoms with van der Waals surface area (Å²) < 4.78 is 27.2. The summed E-state index contributed by atoms with van der Waals surface area (Å²) in [5.74, 6) is -2.66. The second kappa shape index (κ2) is 6.76. The maximum atomic E-state index is 13.3. The Morgan fingerprint density at radius 3 is 2.68 bits per heavy atom. The van der Waals surface area contributed by atoms with E-state index >= 15 is 0 Å². The largest absolute Gasteiger partial charge is 0.324 e. The van der Waals surface area contributed by atoms with Crippen LogP contribution in [0.4, 0.5) is 14.5 Å². The number of carbonyl (C=O) groups is 1. The Morgan fingerprint density at radius 1 is 1.20 bits per heavy atom. The summed E-state index contributed by atoms with van der Waals surface area (Å²) in [7, 11) is 0. The summed E-state index contributed by atoms with van der Waals surface area (Å²) >= 11 is 0. The van der Waals surface area contributed by atoms with E-state index in [1.165, 1.54) is 6.07 Å². The van der Waals surface area contributed by atoms with Crippen LogP contribution in [0.1, 0.15) is 19.4 Å². The number of nitrogens with zero attached hydrogens (tertiary/aromatic N) is 3. The highest BCUT2D eigenvalue weighted by Crippen LogP contribution is 2.17. The number of aromatic nitrogens is 3. The molecule has 0 saturated heterocycles. The monoisotopic (exact) mass is 344 g/mol. The van der Waals surface area contributed by atoms with Crippen molar-refractivity contribution in [2.24, 2.45) is 0 Å². The third-order valence-corrected chi connectivity index (χ3v) is 3.76. The van der Waals surface area contributed by atoms with Gasteiger partial charge in [-0.1, -0.05) is 24.3 Å². The summed E-state index contributed by atoms with van der Waals surface area (Å²) in [6.07, 6.45) is 0.266. The molecule has 1 heterocycles. The molecule has 0 bridgehead atoms. The van der Waals surface area contributed by atoms with Gasteiger partial charge in [-0.15, -0.1) is 5.10 Å². The van der Waals surface area contributed by atoms with Gasteiger partial charge in [-0.2, -0.15) is 4.68 Å². The fourth-order valence-corrected chi connectivity index (χ4v) is 2.47. The van der Waals surface area contributed by atoms with E-state index in [1.54, 1.807) is 31.2 Å². The van der Waals surface area contributed by atoms with Crippen molar-refractivity contribution in [3.8, 4) is 0 Å². The van der Waals surface area contributed by atoms with Gasteiger partial charge < -0.3 is 5.32 Å². The summed E-state index contributed by atoms with van der Waals surface area (Å²) in [4.78, 5) is 25.0. The van der Waals surface area contributed by atoms with Gasteiger partial charge in [0.25, 0.3) is 5.56 Å². The number of halogens is 2.